The van der Waals surface area contributed by atoms with Gasteiger partial charge in [-0.05, 0) is 36.9 Å². The zero-order chi connectivity index (χ0) is 19.0. The summed E-state index contributed by atoms with van der Waals surface area (Å²) in [6, 6.07) is 12.9. The van der Waals surface area contributed by atoms with E-state index in [2.05, 4.69) is 57.1 Å². The van der Waals surface area contributed by atoms with Gasteiger partial charge in [0, 0.05) is 56.1 Å². The Labute approximate surface area is 167 Å². The Kier molecular flexibility index (Phi) is 4.65. The number of nitrogens with zero attached hydrogens (tertiary/aromatic N) is 5. The second-order valence-electron chi connectivity index (χ2n) is 8.60. The van der Waals surface area contributed by atoms with Crippen molar-refractivity contribution < 1.29 is 0 Å². The average molecular weight is 376 g/mol. The van der Waals surface area contributed by atoms with Gasteiger partial charge in [0.25, 0.3) is 0 Å². The number of hydrogen-bond donors (Lipinski definition) is 0. The van der Waals surface area contributed by atoms with Gasteiger partial charge in [0.15, 0.2) is 5.65 Å². The molecule has 0 spiro atoms. The van der Waals surface area contributed by atoms with Crippen LogP contribution in [0.5, 0.6) is 0 Å². The van der Waals surface area contributed by atoms with Crippen LogP contribution >= 0.6 is 0 Å². The molecule has 0 radical (unpaired) electrons. The zero-order valence-corrected chi connectivity index (χ0v) is 16.7. The Balaban J connectivity index is 1.33. The third kappa shape index (κ3) is 3.23. The van der Waals surface area contributed by atoms with Crippen LogP contribution < -0.4 is 0 Å². The van der Waals surface area contributed by atoms with Gasteiger partial charge in [-0.25, -0.2) is 9.50 Å². The highest BCUT2D eigenvalue weighted by Crippen LogP contribution is 2.46. The average Bonchev–Trinajstić information content (AvgIpc) is 3.38. The first-order chi connectivity index (χ1) is 13.8. The predicted molar refractivity (Wildman–Crippen MR) is 111 cm³/mol. The Morgan fingerprint density at radius 3 is 2.75 bits per heavy atom. The molecule has 5 rings (SSSR count). The van der Waals surface area contributed by atoms with Gasteiger partial charge in [-0.1, -0.05) is 37.3 Å². The molecule has 3 aromatic rings. The van der Waals surface area contributed by atoms with E-state index in [1.54, 1.807) is 0 Å². The molecule has 0 saturated carbocycles. The molecule has 2 unspecified atom stereocenters. The highest BCUT2D eigenvalue weighted by molar-refractivity contribution is 5.45. The summed E-state index contributed by atoms with van der Waals surface area (Å²) in [4.78, 5) is 9.84. The van der Waals surface area contributed by atoms with Crippen LogP contribution in [0.1, 0.15) is 24.5 Å². The quantitative estimate of drug-likeness (QED) is 0.663. The number of likely N-dealkylation sites (tertiary alicyclic amines) is 2. The molecule has 5 nitrogen and oxygen atoms in total. The molecule has 2 atom stereocenters. The maximum Gasteiger partial charge on any atom is 0.159 e. The van der Waals surface area contributed by atoms with Crippen LogP contribution in [0.15, 0.2) is 55.0 Å². The summed E-state index contributed by atoms with van der Waals surface area (Å²) in [5, 5.41) is 4.47. The normalized spacial score (nSPS) is 25.5. The van der Waals surface area contributed by atoms with Crippen LogP contribution in [0.2, 0.25) is 0 Å². The van der Waals surface area contributed by atoms with Crippen molar-refractivity contribution in [3.63, 3.8) is 0 Å². The minimum Gasteiger partial charge on any atom is -0.303 e. The first-order valence-corrected chi connectivity index (χ1v) is 10.5. The Hall–Kier alpha value is -2.24. The highest BCUT2D eigenvalue weighted by atomic mass is 15.3. The maximum absolute atomic E-state index is 4.54. The summed E-state index contributed by atoms with van der Waals surface area (Å²) in [6.45, 7) is 9.28. The van der Waals surface area contributed by atoms with Crippen molar-refractivity contribution >= 4 is 5.65 Å². The van der Waals surface area contributed by atoms with Crippen molar-refractivity contribution in [1.82, 2.24) is 24.4 Å². The first kappa shape index (κ1) is 17.8. The molecule has 4 heterocycles. The van der Waals surface area contributed by atoms with Crippen LogP contribution in [-0.2, 0) is 13.0 Å². The topological polar surface area (TPSA) is 36.7 Å². The van der Waals surface area contributed by atoms with Crippen molar-refractivity contribution in [2.75, 3.05) is 32.7 Å². The lowest BCUT2D eigenvalue weighted by Crippen LogP contribution is -2.34. The molecule has 146 valence electrons. The fourth-order valence-electron chi connectivity index (χ4n) is 5.39. The van der Waals surface area contributed by atoms with E-state index >= 15 is 0 Å². The summed E-state index contributed by atoms with van der Waals surface area (Å²) in [5.74, 6) is 0.769. The van der Waals surface area contributed by atoms with Gasteiger partial charge < -0.3 is 4.90 Å². The van der Waals surface area contributed by atoms with Gasteiger partial charge in [0.2, 0.25) is 0 Å². The lowest BCUT2D eigenvalue weighted by molar-refractivity contribution is 0.202. The van der Waals surface area contributed by atoms with E-state index in [-0.39, 0.29) is 0 Å². The van der Waals surface area contributed by atoms with E-state index in [9.17, 15) is 0 Å². The molecule has 2 fully saturated rings. The number of rotatable bonds is 6. The minimum atomic E-state index is 0.419. The monoisotopic (exact) mass is 375 g/mol. The summed E-state index contributed by atoms with van der Waals surface area (Å²) in [6.07, 6.45) is 8.29. The van der Waals surface area contributed by atoms with Crippen molar-refractivity contribution in [2.24, 2.45) is 11.3 Å². The Morgan fingerprint density at radius 1 is 1.07 bits per heavy atom. The molecule has 2 aliphatic heterocycles. The van der Waals surface area contributed by atoms with Crippen LogP contribution in [0.3, 0.4) is 0 Å². The van der Waals surface area contributed by atoms with E-state index in [0.29, 0.717) is 5.41 Å². The number of benzene rings is 1. The fourth-order valence-corrected chi connectivity index (χ4v) is 5.39. The zero-order valence-electron chi connectivity index (χ0n) is 16.7. The summed E-state index contributed by atoms with van der Waals surface area (Å²) in [7, 11) is 0. The van der Waals surface area contributed by atoms with Gasteiger partial charge in [0.05, 0.1) is 6.20 Å². The molecule has 5 heteroatoms. The second kappa shape index (κ2) is 7.30. The lowest BCUT2D eigenvalue weighted by Gasteiger charge is -2.29. The molecule has 0 aliphatic carbocycles. The largest absolute Gasteiger partial charge is 0.303 e. The molecule has 2 saturated heterocycles. The first-order valence-electron chi connectivity index (χ1n) is 10.5. The van der Waals surface area contributed by atoms with E-state index < -0.39 is 0 Å². The van der Waals surface area contributed by atoms with Crippen LogP contribution in [0, 0.1) is 11.3 Å². The molecule has 0 N–H and O–H groups in total. The minimum absolute atomic E-state index is 0.419. The molecule has 28 heavy (non-hydrogen) atoms. The second-order valence-corrected chi connectivity index (χ2v) is 8.60. The number of fused-ring (bicyclic) bond motifs is 2. The summed E-state index contributed by atoms with van der Waals surface area (Å²) >= 11 is 0. The van der Waals surface area contributed by atoms with Crippen molar-refractivity contribution in [1.29, 1.82) is 0 Å². The number of aromatic nitrogens is 3. The third-order valence-electron chi connectivity index (χ3n) is 6.85. The molecular weight excluding hydrogens is 346 g/mol. The van der Waals surface area contributed by atoms with Gasteiger partial charge in [-0.15, -0.1) is 0 Å². The van der Waals surface area contributed by atoms with Gasteiger partial charge >= 0.3 is 0 Å². The number of hydrogen-bond acceptors (Lipinski definition) is 4. The van der Waals surface area contributed by atoms with E-state index in [1.165, 1.54) is 56.7 Å². The third-order valence-corrected chi connectivity index (χ3v) is 6.85. The van der Waals surface area contributed by atoms with Crippen LogP contribution in [-0.4, -0.2) is 57.1 Å². The smallest absolute Gasteiger partial charge is 0.159 e. The van der Waals surface area contributed by atoms with Crippen LogP contribution in [0.4, 0.5) is 0 Å². The maximum atomic E-state index is 4.54. The SMILES string of the molecule is CCN1CC2CN(Cc3cnn4cccnc34)CC2(CCc2ccccc2)C1. The van der Waals surface area contributed by atoms with Gasteiger partial charge in [-0.2, -0.15) is 5.10 Å². The summed E-state index contributed by atoms with van der Waals surface area (Å²) < 4.78 is 1.89. The Bertz CT molecular complexity index is 936. The standard InChI is InChI=1S/C23H29N5/c1-2-26-15-21-16-27(14-20-13-25-28-12-6-11-24-22(20)28)18-23(21,17-26)10-9-19-7-4-3-5-8-19/h3-8,11-13,21H,2,9-10,14-18H2,1H3. The van der Waals surface area contributed by atoms with Gasteiger partial charge in [-0.3, -0.25) is 4.90 Å². The molecule has 0 amide bonds. The molecule has 0 bridgehead atoms. The molecule has 2 aliphatic rings. The van der Waals surface area contributed by atoms with Crippen molar-refractivity contribution in [3.8, 4) is 0 Å². The lowest BCUT2D eigenvalue weighted by atomic mass is 9.76. The van der Waals surface area contributed by atoms with Crippen molar-refractivity contribution in [3.05, 3.63) is 66.1 Å². The molecule has 1 aromatic carbocycles. The van der Waals surface area contributed by atoms with E-state index in [4.69, 9.17) is 0 Å². The van der Waals surface area contributed by atoms with E-state index in [1.807, 2.05) is 29.2 Å². The molecule has 2 aromatic heterocycles. The highest BCUT2D eigenvalue weighted by Gasteiger charge is 2.51. The molecular formula is C23H29N5. The van der Waals surface area contributed by atoms with Gasteiger partial charge in [0.1, 0.15) is 0 Å². The number of aryl methyl sites for hydroxylation is 1. The van der Waals surface area contributed by atoms with Crippen molar-refractivity contribution in [2.45, 2.75) is 26.3 Å². The Morgan fingerprint density at radius 2 is 1.89 bits per heavy atom. The van der Waals surface area contributed by atoms with Crippen LogP contribution in [0.25, 0.3) is 5.65 Å². The predicted octanol–water partition coefficient (Wildman–Crippen LogP) is 3.12. The fraction of sp³-hybridized carbons (Fsp3) is 0.478. The van der Waals surface area contributed by atoms with E-state index in [0.717, 1.165) is 18.1 Å². The summed E-state index contributed by atoms with van der Waals surface area (Å²) in [5.41, 5.74) is 4.12.